The minimum Gasteiger partial charge on any atom is -0.348 e. The number of aryl methyl sites for hydroxylation is 1. The summed E-state index contributed by atoms with van der Waals surface area (Å²) >= 11 is 0. The van der Waals surface area contributed by atoms with Gasteiger partial charge in [-0.3, -0.25) is 4.79 Å². The van der Waals surface area contributed by atoms with E-state index >= 15 is 0 Å². The van der Waals surface area contributed by atoms with Gasteiger partial charge in [0.1, 0.15) is 0 Å². The Morgan fingerprint density at radius 2 is 1.95 bits per heavy atom. The van der Waals surface area contributed by atoms with E-state index in [1.807, 2.05) is 0 Å². The smallest absolute Gasteiger partial charge is 0.237 e. The number of fused-ring (bicyclic) bond motifs is 1. The maximum Gasteiger partial charge on any atom is 0.237 e. The molecule has 2 aliphatic rings. The molecule has 1 heterocycles. The van der Waals surface area contributed by atoms with E-state index in [9.17, 15) is 4.79 Å². The van der Waals surface area contributed by atoms with E-state index in [0.717, 1.165) is 6.42 Å². The predicted octanol–water partition coefficient (Wildman–Crippen LogP) is 3.09. The summed E-state index contributed by atoms with van der Waals surface area (Å²) in [4.78, 5) is 12.5. The summed E-state index contributed by atoms with van der Waals surface area (Å²) in [5.41, 5.74) is 2.42. The topological polar surface area (TPSA) is 41.1 Å². The molecule has 0 radical (unpaired) electrons. The number of benzene rings is 1. The lowest BCUT2D eigenvalue weighted by Crippen LogP contribution is -2.43. The minimum atomic E-state index is 0.00555. The van der Waals surface area contributed by atoms with E-state index in [1.165, 1.54) is 36.8 Å². The average Bonchev–Trinajstić information content (AvgIpc) is 2.92. The lowest BCUT2D eigenvalue weighted by Gasteiger charge is -2.24. The molecule has 3 unspecified atom stereocenters. The van der Waals surface area contributed by atoms with Crippen LogP contribution in [0.25, 0.3) is 0 Å². The number of carbonyl (C=O) groups is 1. The van der Waals surface area contributed by atoms with Crippen LogP contribution in [0.4, 0.5) is 0 Å². The van der Waals surface area contributed by atoms with Crippen LogP contribution in [0.5, 0.6) is 0 Å². The Balaban J connectivity index is 1.57. The fourth-order valence-corrected chi connectivity index (χ4v) is 3.77. The molecule has 2 fully saturated rings. The van der Waals surface area contributed by atoms with Crippen LogP contribution in [-0.2, 0) is 4.79 Å². The molecule has 1 aliphatic heterocycles. The van der Waals surface area contributed by atoms with E-state index in [-0.39, 0.29) is 18.0 Å². The van der Waals surface area contributed by atoms with Gasteiger partial charge in [-0.15, -0.1) is 0 Å². The molecule has 0 aromatic heterocycles. The van der Waals surface area contributed by atoms with Gasteiger partial charge in [-0.1, -0.05) is 42.7 Å². The van der Waals surface area contributed by atoms with Crippen LogP contribution < -0.4 is 10.6 Å². The SMILES string of the molecule is Cc1ccc([C@@H](C)NC(=O)C2CC3CCCCC3N2)cc1. The number of hydrogen-bond donors (Lipinski definition) is 2. The van der Waals surface area contributed by atoms with Gasteiger partial charge in [0.25, 0.3) is 0 Å². The van der Waals surface area contributed by atoms with Crippen LogP contribution in [0.3, 0.4) is 0 Å². The molecular weight excluding hydrogens is 260 g/mol. The molecule has 1 aromatic rings. The van der Waals surface area contributed by atoms with Gasteiger partial charge in [0.15, 0.2) is 0 Å². The van der Waals surface area contributed by atoms with Crippen LogP contribution >= 0.6 is 0 Å². The molecule has 1 amide bonds. The number of rotatable bonds is 3. The second-order valence-electron chi connectivity index (χ2n) is 6.75. The van der Waals surface area contributed by atoms with E-state index in [4.69, 9.17) is 0 Å². The monoisotopic (exact) mass is 286 g/mol. The van der Waals surface area contributed by atoms with Gasteiger partial charge >= 0.3 is 0 Å². The maximum atomic E-state index is 12.5. The van der Waals surface area contributed by atoms with Crippen molar-refractivity contribution in [3.63, 3.8) is 0 Å². The van der Waals surface area contributed by atoms with Crippen LogP contribution in [0.2, 0.25) is 0 Å². The normalized spacial score (nSPS) is 29.7. The van der Waals surface area contributed by atoms with Crippen molar-refractivity contribution in [2.24, 2.45) is 5.92 Å². The highest BCUT2D eigenvalue weighted by Gasteiger charge is 2.38. The molecule has 2 N–H and O–H groups in total. The quantitative estimate of drug-likeness (QED) is 0.896. The fourth-order valence-electron chi connectivity index (χ4n) is 3.77. The second kappa shape index (κ2) is 6.18. The molecule has 1 saturated carbocycles. The number of nitrogens with one attached hydrogen (secondary N) is 2. The average molecular weight is 286 g/mol. The first-order valence-corrected chi connectivity index (χ1v) is 8.26. The molecule has 1 saturated heterocycles. The van der Waals surface area contributed by atoms with Gasteiger partial charge in [0.2, 0.25) is 5.91 Å². The van der Waals surface area contributed by atoms with Gasteiger partial charge < -0.3 is 10.6 Å². The molecule has 3 rings (SSSR count). The summed E-state index contributed by atoms with van der Waals surface area (Å²) in [6.45, 7) is 4.14. The van der Waals surface area contributed by atoms with Crippen LogP contribution in [0.15, 0.2) is 24.3 Å². The lowest BCUT2D eigenvalue weighted by molar-refractivity contribution is -0.123. The van der Waals surface area contributed by atoms with E-state index in [1.54, 1.807) is 0 Å². The number of hydrogen-bond acceptors (Lipinski definition) is 2. The Labute approximate surface area is 127 Å². The predicted molar refractivity (Wildman–Crippen MR) is 85.0 cm³/mol. The molecule has 0 bridgehead atoms. The third kappa shape index (κ3) is 3.29. The van der Waals surface area contributed by atoms with Crippen LogP contribution in [0, 0.1) is 12.8 Å². The van der Waals surface area contributed by atoms with Crippen LogP contribution in [-0.4, -0.2) is 18.0 Å². The standard InChI is InChI=1S/C18H26N2O/c1-12-7-9-14(10-8-12)13(2)19-18(21)17-11-15-5-3-4-6-16(15)20-17/h7-10,13,15-17,20H,3-6,11H2,1-2H3,(H,19,21)/t13-,15?,16?,17?/m1/s1. The lowest BCUT2D eigenvalue weighted by atomic mass is 9.85. The highest BCUT2D eigenvalue weighted by molar-refractivity contribution is 5.82. The highest BCUT2D eigenvalue weighted by atomic mass is 16.2. The first kappa shape index (κ1) is 14.6. The van der Waals surface area contributed by atoms with Crippen molar-refractivity contribution in [3.8, 4) is 0 Å². The minimum absolute atomic E-state index is 0.00555. The third-order valence-corrected chi connectivity index (χ3v) is 5.12. The van der Waals surface area contributed by atoms with Crippen molar-refractivity contribution in [2.45, 2.75) is 64.1 Å². The van der Waals surface area contributed by atoms with Gasteiger partial charge in [0, 0.05) is 6.04 Å². The van der Waals surface area contributed by atoms with Crippen molar-refractivity contribution >= 4 is 5.91 Å². The first-order valence-electron chi connectivity index (χ1n) is 8.26. The summed E-state index contributed by atoms with van der Waals surface area (Å²) in [6.07, 6.45) is 6.17. The van der Waals surface area contributed by atoms with Crippen molar-refractivity contribution < 1.29 is 4.79 Å². The molecule has 1 aliphatic carbocycles. The van der Waals surface area contributed by atoms with Gasteiger partial charge in [-0.2, -0.15) is 0 Å². The van der Waals surface area contributed by atoms with Crippen molar-refractivity contribution in [1.29, 1.82) is 0 Å². The highest BCUT2D eigenvalue weighted by Crippen LogP contribution is 2.33. The molecule has 3 heteroatoms. The Morgan fingerprint density at radius 1 is 1.24 bits per heavy atom. The molecule has 4 atom stereocenters. The Hall–Kier alpha value is -1.35. The Bertz CT molecular complexity index is 482. The van der Waals surface area contributed by atoms with Gasteiger partial charge in [-0.25, -0.2) is 0 Å². The van der Waals surface area contributed by atoms with Crippen LogP contribution in [0.1, 0.15) is 56.2 Å². The summed E-state index contributed by atoms with van der Waals surface area (Å²) in [6, 6.07) is 9.04. The molecule has 3 nitrogen and oxygen atoms in total. The molecule has 1 aromatic carbocycles. The summed E-state index contributed by atoms with van der Waals surface area (Å²) in [5, 5.41) is 6.71. The van der Waals surface area contributed by atoms with E-state index in [2.05, 4.69) is 48.7 Å². The molecular formula is C18H26N2O. The second-order valence-corrected chi connectivity index (χ2v) is 6.75. The number of amides is 1. The van der Waals surface area contributed by atoms with Crippen molar-refractivity contribution in [3.05, 3.63) is 35.4 Å². The van der Waals surface area contributed by atoms with Crippen molar-refractivity contribution in [1.82, 2.24) is 10.6 Å². The molecule has 0 spiro atoms. The fraction of sp³-hybridized carbons (Fsp3) is 0.611. The zero-order chi connectivity index (χ0) is 14.8. The van der Waals surface area contributed by atoms with E-state index in [0.29, 0.717) is 12.0 Å². The molecule has 21 heavy (non-hydrogen) atoms. The third-order valence-electron chi connectivity index (χ3n) is 5.12. The zero-order valence-corrected chi connectivity index (χ0v) is 13.1. The van der Waals surface area contributed by atoms with Gasteiger partial charge in [0.05, 0.1) is 12.1 Å². The Morgan fingerprint density at radius 3 is 2.67 bits per heavy atom. The summed E-state index contributed by atoms with van der Waals surface area (Å²) in [5.74, 6) is 0.877. The summed E-state index contributed by atoms with van der Waals surface area (Å²) in [7, 11) is 0. The van der Waals surface area contributed by atoms with Crippen molar-refractivity contribution in [2.75, 3.05) is 0 Å². The van der Waals surface area contributed by atoms with Gasteiger partial charge in [-0.05, 0) is 44.6 Å². The molecule has 114 valence electrons. The summed E-state index contributed by atoms with van der Waals surface area (Å²) < 4.78 is 0. The van der Waals surface area contributed by atoms with E-state index < -0.39 is 0 Å². The maximum absolute atomic E-state index is 12.5. The first-order chi connectivity index (χ1) is 10.1. The zero-order valence-electron chi connectivity index (χ0n) is 13.1. The number of carbonyl (C=O) groups excluding carboxylic acids is 1. The Kier molecular flexibility index (Phi) is 4.29. The largest absolute Gasteiger partial charge is 0.348 e.